The average molecular weight is 539 g/mol. The van der Waals surface area contributed by atoms with E-state index in [-0.39, 0.29) is 19.0 Å². The second-order valence-electron chi connectivity index (χ2n) is 10.7. The number of carbonyl (C=O) groups is 4. The van der Waals surface area contributed by atoms with Gasteiger partial charge in [0.15, 0.2) is 0 Å². The van der Waals surface area contributed by atoms with Crippen molar-refractivity contribution in [1.82, 2.24) is 15.5 Å². The fourth-order valence-corrected chi connectivity index (χ4v) is 4.13. The first-order chi connectivity index (χ1) is 18.3. The van der Waals surface area contributed by atoms with Gasteiger partial charge in [-0.1, -0.05) is 67.4 Å². The Balaban J connectivity index is 2.52. The summed E-state index contributed by atoms with van der Waals surface area (Å²) in [4.78, 5) is 53.8. The van der Waals surface area contributed by atoms with E-state index in [9.17, 15) is 19.2 Å². The van der Waals surface area contributed by atoms with Crippen molar-refractivity contribution >= 4 is 23.8 Å². The zero-order chi connectivity index (χ0) is 29.2. The number of unbranched alkanes of at least 4 members (excludes halogenated alkanes) is 1. The number of benzene rings is 2. The first-order valence-corrected chi connectivity index (χ1v) is 13.3. The molecule has 4 amide bonds. The molecule has 212 valence electrons. The van der Waals surface area contributed by atoms with Gasteiger partial charge in [-0.3, -0.25) is 14.4 Å². The number of carbonyl (C=O) groups excluding carboxylic acids is 4. The van der Waals surface area contributed by atoms with Crippen LogP contribution in [0, 0.1) is 13.8 Å². The number of alkyl carbamates (subject to hydrolysis) is 1. The monoisotopic (exact) mass is 538 g/mol. The summed E-state index contributed by atoms with van der Waals surface area (Å²) in [7, 11) is 0. The second kappa shape index (κ2) is 14.3. The predicted octanol–water partition coefficient (Wildman–Crippen LogP) is 4.06. The molecule has 2 atom stereocenters. The highest BCUT2D eigenvalue weighted by Gasteiger charge is 2.37. The van der Waals surface area contributed by atoms with Gasteiger partial charge in [0.05, 0.1) is 6.42 Å². The van der Waals surface area contributed by atoms with E-state index in [2.05, 4.69) is 10.6 Å². The number of ether oxygens (including phenoxy) is 1. The fourth-order valence-electron chi connectivity index (χ4n) is 4.13. The Hall–Kier alpha value is -3.88. The third-order valence-corrected chi connectivity index (χ3v) is 6.03. The van der Waals surface area contributed by atoms with Gasteiger partial charge >= 0.3 is 6.09 Å². The number of amides is 4. The van der Waals surface area contributed by atoms with Gasteiger partial charge in [0.2, 0.25) is 17.7 Å². The molecule has 2 unspecified atom stereocenters. The van der Waals surface area contributed by atoms with Crippen LogP contribution in [0.15, 0.2) is 48.5 Å². The van der Waals surface area contributed by atoms with Crippen molar-refractivity contribution in [3.8, 4) is 0 Å². The molecule has 0 bridgehead atoms. The summed E-state index contributed by atoms with van der Waals surface area (Å²) >= 11 is 0. The number of nitrogens with zero attached hydrogens (tertiary/aromatic N) is 1. The van der Waals surface area contributed by atoms with Gasteiger partial charge in [0.1, 0.15) is 17.7 Å². The Morgan fingerprint density at radius 3 is 2.28 bits per heavy atom. The van der Waals surface area contributed by atoms with Crippen LogP contribution in [0.5, 0.6) is 0 Å². The molecule has 0 radical (unpaired) electrons. The molecule has 0 fully saturated rings. The molecule has 0 aliphatic rings. The zero-order valence-corrected chi connectivity index (χ0v) is 23.9. The second-order valence-corrected chi connectivity index (χ2v) is 10.7. The van der Waals surface area contributed by atoms with Gasteiger partial charge in [0, 0.05) is 13.1 Å². The minimum atomic E-state index is -1.30. The molecule has 2 aromatic carbocycles. The number of nitrogens with two attached hydrogens (primary N) is 1. The lowest BCUT2D eigenvalue weighted by atomic mass is 9.95. The maximum absolute atomic E-state index is 14.0. The van der Waals surface area contributed by atoms with Crippen molar-refractivity contribution in [2.24, 2.45) is 5.73 Å². The number of aryl methyl sites for hydroxylation is 2. The van der Waals surface area contributed by atoms with Crippen LogP contribution in [-0.4, -0.2) is 46.9 Å². The van der Waals surface area contributed by atoms with Crippen LogP contribution in [0.2, 0.25) is 0 Å². The van der Waals surface area contributed by atoms with Crippen molar-refractivity contribution in [3.63, 3.8) is 0 Å². The van der Waals surface area contributed by atoms with E-state index in [0.717, 1.165) is 23.1 Å². The lowest BCUT2D eigenvalue weighted by Crippen LogP contribution is -2.54. The van der Waals surface area contributed by atoms with Crippen molar-refractivity contribution in [1.29, 1.82) is 0 Å². The summed E-state index contributed by atoms with van der Waals surface area (Å²) in [6.45, 7) is 11.4. The van der Waals surface area contributed by atoms with E-state index >= 15 is 0 Å². The summed E-state index contributed by atoms with van der Waals surface area (Å²) < 4.78 is 5.32. The summed E-state index contributed by atoms with van der Waals surface area (Å²) in [5, 5.41) is 5.48. The highest BCUT2D eigenvalue weighted by molar-refractivity contribution is 5.94. The minimum absolute atomic E-state index is 0.234. The molecule has 9 heteroatoms. The van der Waals surface area contributed by atoms with E-state index in [1.807, 2.05) is 69.3 Å². The predicted molar refractivity (Wildman–Crippen MR) is 151 cm³/mol. The number of hydrogen-bond donors (Lipinski definition) is 3. The van der Waals surface area contributed by atoms with Gasteiger partial charge in [-0.25, -0.2) is 4.79 Å². The normalized spacial score (nSPS) is 12.7. The Labute approximate surface area is 231 Å². The molecule has 9 nitrogen and oxygen atoms in total. The van der Waals surface area contributed by atoms with Crippen LogP contribution in [0.3, 0.4) is 0 Å². The summed E-state index contributed by atoms with van der Waals surface area (Å²) in [5.74, 6) is -1.72. The molecule has 2 rings (SSSR count). The standard InChI is InChI=1S/C30H42N4O5/c1-7-8-16-34(28(37)24(18-25(31)35)33-29(38)39-30(4,5)6)26(23-17-20(2)14-15-21(23)3)27(36)32-19-22-12-10-9-11-13-22/h9-15,17,24,26H,7-8,16,18-19H2,1-6H3,(H2,31,35)(H,32,36)(H,33,38). The topological polar surface area (TPSA) is 131 Å². The van der Waals surface area contributed by atoms with Crippen molar-refractivity contribution in [2.45, 2.75) is 85.0 Å². The molecule has 4 N–H and O–H groups in total. The van der Waals surface area contributed by atoms with Gasteiger partial charge in [0.25, 0.3) is 0 Å². The van der Waals surface area contributed by atoms with Crippen LogP contribution in [0.1, 0.15) is 75.3 Å². The lowest BCUT2D eigenvalue weighted by molar-refractivity contribution is -0.143. The van der Waals surface area contributed by atoms with Crippen LogP contribution in [-0.2, 0) is 25.7 Å². The maximum Gasteiger partial charge on any atom is 0.408 e. The van der Waals surface area contributed by atoms with Gasteiger partial charge in [-0.2, -0.15) is 0 Å². The molecular formula is C30H42N4O5. The molecule has 0 aliphatic heterocycles. The van der Waals surface area contributed by atoms with Gasteiger partial charge in [-0.05, 0) is 57.7 Å². The fraction of sp³-hybridized carbons (Fsp3) is 0.467. The highest BCUT2D eigenvalue weighted by atomic mass is 16.6. The van der Waals surface area contributed by atoms with Gasteiger partial charge < -0.3 is 26.0 Å². The number of nitrogens with one attached hydrogen (secondary N) is 2. The van der Waals surface area contributed by atoms with Crippen LogP contribution in [0.25, 0.3) is 0 Å². The molecule has 0 aromatic heterocycles. The van der Waals surface area contributed by atoms with Crippen molar-refractivity contribution in [2.75, 3.05) is 6.54 Å². The third-order valence-electron chi connectivity index (χ3n) is 6.03. The van der Waals surface area contributed by atoms with E-state index in [1.165, 1.54) is 4.90 Å². The molecule has 0 saturated heterocycles. The number of primary amides is 1. The first kappa shape index (κ1) is 31.3. The summed E-state index contributed by atoms with van der Waals surface area (Å²) in [6, 6.07) is 12.9. The van der Waals surface area contributed by atoms with E-state index in [1.54, 1.807) is 20.8 Å². The summed E-state index contributed by atoms with van der Waals surface area (Å²) in [6.07, 6.45) is 0.0737. The molecule has 0 saturated carbocycles. The average Bonchev–Trinajstić information content (AvgIpc) is 2.85. The number of hydrogen-bond acceptors (Lipinski definition) is 5. The maximum atomic E-state index is 14.0. The first-order valence-electron chi connectivity index (χ1n) is 13.3. The molecule has 39 heavy (non-hydrogen) atoms. The molecule has 2 aromatic rings. The molecule has 0 spiro atoms. The quantitative estimate of drug-likeness (QED) is 0.375. The smallest absolute Gasteiger partial charge is 0.408 e. The Morgan fingerprint density at radius 1 is 1.03 bits per heavy atom. The lowest BCUT2D eigenvalue weighted by Gasteiger charge is -2.35. The molecule has 0 heterocycles. The van der Waals surface area contributed by atoms with E-state index in [0.29, 0.717) is 12.0 Å². The van der Waals surface area contributed by atoms with Gasteiger partial charge in [-0.15, -0.1) is 0 Å². The van der Waals surface area contributed by atoms with Crippen LogP contribution in [0.4, 0.5) is 4.79 Å². The molecular weight excluding hydrogens is 496 g/mol. The van der Waals surface area contributed by atoms with E-state index in [4.69, 9.17) is 10.5 Å². The Morgan fingerprint density at radius 2 is 1.69 bits per heavy atom. The third kappa shape index (κ3) is 10.1. The SMILES string of the molecule is CCCCN(C(=O)C(CC(N)=O)NC(=O)OC(C)(C)C)C(C(=O)NCc1ccccc1)c1cc(C)ccc1C. The van der Waals surface area contributed by atoms with Crippen LogP contribution >= 0.6 is 0 Å². The van der Waals surface area contributed by atoms with Crippen molar-refractivity contribution in [3.05, 3.63) is 70.8 Å². The van der Waals surface area contributed by atoms with Crippen LogP contribution < -0.4 is 16.4 Å². The zero-order valence-electron chi connectivity index (χ0n) is 23.9. The Kier molecular flexibility index (Phi) is 11.5. The van der Waals surface area contributed by atoms with Crippen molar-refractivity contribution < 1.29 is 23.9 Å². The minimum Gasteiger partial charge on any atom is -0.444 e. The van der Waals surface area contributed by atoms with E-state index < -0.39 is 42.0 Å². The summed E-state index contributed by atoms with van der Waals surface area (Å²) in [5.41, 5.74) is 7.99. The highest BCUT2D eigenvalue weighted by Crippen LogP contribution is 2.27. The molecule has 0 aliphatic carbocycles. The largest absolute Gasteiger partial charge is 0.444 e. The number of rotatable bonds is 12. The Bertz CT molecular complexity index is 1140.